The van der Waals surface area contributed by atoms with Crippen LogP contribution in [0.25, 0.3) is 5.65 Å². The Hall–Kier alpha value is -2.69. The predicted octanol–water partition coefficient (Wildman–Crippen LogP) is 3.88. The zero-order valence-electron chi connectivity index (χ0n) is 15.1. The molecule has 4 rings (SSSR count). The summed E-state index contributed by atoms with van der Waals surface area (Å²) in [7, 11) is 0. The Kier molecular flexibility index (Phi) is 4.69. The van der Waals surface area contributed by atoms with Crippen molar-refractivity contribution in [1.29, 1.82) is 0 Å². The maximum absolute atomic E-state index is 12.8. The lowest BCUT2D eigenvalue weighted by Gasteiger charge is -2.15. The molecule has 1 aliphatic rings. The summed E-state index contributed by atoms with van der Waals surface area (Å²) in [6, 6.07) is 9.90. The number of hydrogen-bond acceptors (Lipinski definition) is 3. The van der Waals surface area contributed by atoms with Gasteiger partial charge in [0.25, 0.3) is 5.91 Å². The van der Waals surface area contributed by atoms with Crippen LogP contribution in [0, 0.1) is 0 Å². The predicted molar refractivity (Wildman–Crippen MR) is 101 cm³/mol. The number of carbonyl (C=O) groups is 1. The van der Waals surface area contributed by atoms with Crippen molar-refractivity contribution in [3.8, 4) is 0 Å². The number of nitrogens with one attached hydrogen (secondary N) is 1. The van der Waals surface area contributed by atoms with Crippen LogP contribution in [-0.2, 0) is 12.8 Å². The molecule has 1 amide bonds. The van der Waals surface area contributed by atoms with Crippen LogP contribution in [0.1, 0.15) is 65.8 Å². The molecule has 0 radical (unpaired) electrons. The number of hydrogen-bond donors (Lipinski definition) is 1. The third-order valence-corrected chi connectivity index (χ3v) is 5.21. The second kappa shape index (κ2) is 7.28. The van der Waals surface area contributed by atoms with Crippen LogP contribution in [0.5, 0.6) is 0 Å². The van der Waals surface area contributed by atoms with Gasteiger partial charge in [-0.15, -0.1) is 0 Å². The Balaban J connectivity index is 1.62. The first-order valence-electron chi connectivity index (χ1n) is 9.44. The summed E-state index contributed by atoms with van der Waals surface area (Å²) in [5.41, 5.74) is 4.75. The highest BCUT2D eigenvalue weighted by atomic mass is 16.1. The van der Waals surface area contributed by atoms with Gasteiger partial charge in [0.15, 0.2) is 5.65 Å². The van der Waals surface area contributed by atoms with Crippen LogP contribution in [0.4, 0.5) is 0 Å². The van der Waals surface area contributed by atoms with Crippen molar-refractivity contribution in [1.82, 2.24) is 19.9 Å². The second-order valence-electron chi connectivity index (χ2n) is 7.04. The number of aryl methyl sites for hydroxylation is 2. The van der Waals surface area contributed by atoms with Crippen LogP contribution in [0.3, 0.4) is 0 Å². The molecule has 2 aromatic heterocycles. The van der Waals surface area contributed by atoms with Crippen LogP contribution >= 0.6 is 0 Å². The summed E-state index contributed by atoms with van der Waals surface area (Å²) >= 11 is 0. The molecule has 0 bridgehead atoms. The topological polar surface area (TPSA) is 59.3 Å². The average molecular weight is 348 g/mol. The summed E-state index contributed by atoms with van der Waals surface area (Å²) in [5, 5.41) is 7.56. The summed E-state index contributed by atoms with van der Waals surface area (Å²) in [4.78, 5) is 17.4. The lowest BCUT2D eigenvalue weighted by atomic mass is 9.98. The van der Waals surface area contributed by atoms with Crippen molar-refractivity contribution >= 4 is 11.6 Å². The van der Waals surface area contributed by atoms with Gasteiger partial charge in [0.1, 0.15) is 5.56 Å². The highest BCUT2D eigenvalue weighted by molar-refractivity contribution is 5.99. The molecule has 0 saturated carbocycles. The van der Waals surface area contributed by atoms with Gasteiger partial charge < -0.3 is 5.32 Å². The minimum atomic E-state index is -0.130. The molecular formula is C21H24N4O. The number of benzene rings is 1. The van der Waals surface area contributed by atoms with Crippen LogP contribution in [0.2, 0.25) is 0 Å². The summed E-state index contributed by atoms with van der Waals surface area (Å²) in [5.74, 6) is -0.130. The van der Waals surface area contributed by atoms with E-state index < -0.39 is 0 Å². The maximum Gasteiger partial charge on any atom is 0.257 e. The van der Waals surface area contributed by atoms with E-state index in [2.05, 4.69) is 15.4 Å². The zero-order chi connectivity index (χ0) is 17.9. The molecule has 5 nitrogen and oxygen atoms in total. The van der Waals surface area contributed by atoms with Gasteiger partial charge in [-0.25, -0.2) is 9.50 Å². The van der Waals surface area contributed by atoms with E-state index in [4.69, 9.17) is 0 Å². The fourth-order valence-corrected chi connectivity index (χ4v) is 3.71. The zero-order valence-corrected chi connectivity index (χ0v) is 15.1. The quantitative estimate of drug-likeness (QED) is 0.781. The van der Waals surface area contributed by atoms with E-state index in [1.807, 2.05) is 48.0 Å². The molecule has 1 unspecified atom stereocenters. The Labute approximate surface area is 153 Å². The first kappa shape index (κ1) is 16.8. The van der Waals surface area contributed by atoms with Crippen molar-refractivity contribution in [3.05, 3.63) is 65.1 Å². The molecule has 5 heteroatoms. The van der Waals surface area contributed by atoms with Gasteiger partial charge in [-0.3, -0.25) is 4.79 Å². The van der Waals surface area contributed by atoms with E-state index in [0.29, 0.717) is 11.2 Å². The van der Waals surface area contributed by atoms with Gasteiger partial charge in [-0.2, -0.15) is 5.10 Å². The van der Waals surface area contributed by atoms with E-state index in [1.54, 1.807) is 6.20 Å². The summed E-state index contributed by atoms with van der Waals surface area (Å²) in [6.45, 7) is 1.99. The molecule has 0 saturated heterocycles. The Bertz CT molecular complexity index is 916. The lowest BCUT2D eigenvalue weighted by molar-refractivity contribution is 0.0941. The number of carbonyl (C=O) groups excluding carboxylic acids is 1. The fourth-order valence-electron chi connectivity index (χ4n) is 3.71. The molecule has 1 aromatic carbocycles. The Morgan fingerprint density at radius 1 is 1.08 bits per heavy atom. The van der Waals surface area contributed by atoms with Gasteiger partial charge in [0.05, 0.1) is 12.2 Å². The summed E-state index contributed by atoms with van der Waals surface area (Å²) < 4.78 is 1.88. The Morgan fingerprint density at radius 2 is 1.85 bits per heavy atom. The molecule has 1 atom stereocenters. The van der Waals surface area contributed by atoms with Gasteiger partial charge in [-0.1, -0.05) is 43.2 Å². The van der Waals surface area contributed by atoms with Gasteiger partial charge in [0, 0.05) is 11.9 Å². The number of fused-ring (bicyclic) bond motifs is 3. The number of rotatable bonds is 3. The van der Waals surface area contributed by atoms with E-state index in [9.17, 15) is 4.79 Å². The van der Waals surface area contributed by atoms with Crippen LogP contribution in [0.15, 0.2) is 42.7 Å². The Morgan fingerprint density at radius 3 is 2.65 bits per heavy atom. The van der Waals surface area contributed by atoms with E-state index in [-0.39, 0.29) is 11.9 Å². The molecule has 1 N–H and O–H groups in total. The lowest BCUT2D eigenvalue weighted by Crippen LogP contribution is -2.26. The minimum Gasteiger partial charge on any atom is -0.345 e. The SMILES string of the molecule is CC(NC(=O)c1cnn2c3c(cnc12)CCCCCC3)c1ccccc1. The van der Waals surface area contributed by atoms with Gasteiger partial charge in [0.2, 0.25) is 0 Å². The molecule has 26 heavy (non-hydrogen) atoms. The molecule has 0 aliphatic heterocycles. The monoisotopic (exact) mass is 348 g/mol. The standard InChI is InChI=1S/C21H24N4O/c1-15(16-9-6-4-7-10-16)24-21(26)18-14-23-25-19-12-8-3-2-5-11-17(19)13-22-20(18)25/h4,6-7,9-10,13-15H,2-3,5,8,11-12H2,1H3,(H,24,26). The third-order valence-electron chi connectivity index (χ3n) is 5.21. The third kappa shape index (κ3) is 3.21. The fraction of sp³-hybridized carbons (Fsp3) is 0.381. The highest BCUT2D eigenvalue weighted by Crippen LogP contribution is 2.22. The number of amides is 1. The minimum absolute atomic E-state index is 0.0667. The summed E-state index contributed by atoms with van der Waals surface area (Å²) in [6.07, 6.45) is 10.5. The van der Waals surface area contributed by atoms with Crippen molar-refractivity contribution < 1.29 is 4.79 Å². The van der Waals surface area contributed by atoms with Crippen LogP contribution < -0.4 is 5.32 Å². The largest absolute Gasteiger partial charge is 0.345 e. The van der Waals surface area contributed by atoms with Crippen molar-refractivity contribution in [3.63, 3.8) is 0 Å². The van der Waals surface area contributed by atoms with Crippen molar-refractivity contribution in [2.75, 3.05) is 0 Å². The van der Waals surface area contributed by atoms with E-state index >= 15 is 0 Å². The van der Waals surface area contributed by atoms with E-state index in [0.717, 1.165) is 18.4 Å². The molecule has 3 aromatic rings. The second-order valence-corrected chi connectivity index (χ2v) is 7.04. The first-order chi connectivity index (χ1) is 12.7. The first-order valence-corrected chi connectivity index (χ1v) is 9.44. The highest BCUT2D eigenvalue weighted by Gasteiger charge is 2.20. The van der Waals surface area contributed by atoms with Crippen LogP contribution in [-0.4, -0.2) is 20.5 Å². The number of aromatic nitrogens is 3. The van der Waals surface area contributed by atoms with Gasteiger partial charge in [-0.05, 0) is 43.7 Å². The smallest absolute Gasteiger partial charge is 0.257 e. The molecule has 2 heterocycles. The average Bonchev–Trinajstić information content (AvgIpc) is 3.07. The molecule has 1 aliphatic carbocycles. The number of nitrogens with zero attached hydrogens (tertiary/aromatic N) is 3. The normalized spacial score (nSPS) is 15.7. The molecular weight excluding hydrogens is 324 g/mol. The van der Waals surface area contributed by atoms with E-state index in [1.165, 1.54) is 36.9 Å². The van der Waals surface area contributed by atoms with Crippen molar-refractivity contribution in [2.24, 2.45) is 0 Å². The van der Waals surface area contributed by atoms with Gasteiger partial charge >= 0.3 is 0 Å². The molecule has 0 fully saturated rings. The maximum atomic E-state index is 12.8. The molecule has 0 spiro atoms. The molecule has 134 valence electrons. The van der Waals surface area contributed by atoms with Crippen molar-refractivity contribution in [2.45, 2.75) is 51.5 Å².